The predicted octanol–water partition coefficient (Wildman–Crippen LogP) is 5.59. The van der Waals surface area contributed by atoms with E-state index in [2.05, 4.69) is 0 Å². The number of nitrogen functional groups attached to an aromatic ring is 2. The van der Waals surface area contributed by atoms with E-state index in [-0.39, 0.29) is 12.2 Å². The van der Waals surface area contributed by atoms with Gasteiger partial charge in [-0.25, -0.2) is 4.79 Å². The van der Waals surface area contributed by atoms with E-state index in [1.165, 1.54) is 5.56 Å². The maximum absolute atomic E-state index is 12.4. The Kier molecular flexibility index (Phi) is 9.16. The van der Waals surface area contributed by atoms with Gasteiger partial charge in [-0.15, -0.1) is 0 Å². The van der Waals surface area contributed by atoms with Gasteiger partial charge in [-0.05, 0) is 67.5 Å². The van der Waals surface area contributed by atoms with E-state index in [4.69, 9.17) is 30.4 Å². The number of cyclic esters (lactones) is 1. The number of unbranched alkanes of at least 4 members (excludes halogenated alkanes) is 4. The molecule has 2 aliphatic rings. The Morgan fingerprint density at radius 2 is 1.76 bits per heavy atom. The molecule has 0 aromatic heterocycles. The van der Waals surface area contributed by atoms with Gasteiger partial charge in [-0.1, -0.05) is 25.0 Å². The molecular weight excluding hydrogens is 470 g/mol. The van der Waals surface area contributed by atoms with Crippen LogP contribution in [-0.4, -0.2) is 43.1 Å². The van der Waals surface area contributed by atoms with Gasteiger partial charge in [0.05, 0.1) is 24.5 Å². The highest BCUT2D eigenvalue weighted by Gasteiger charge is 2.33. The van der Waals surface area contributed by atoms with Crippen molar-refractivity contribution in [1.82, 2.24) is 4.90 Å². The lowest BCUT2D eigenvalue weighted by atomic mass is 10.0. The Labute approximate surface area is 220 Å². The first-order chi connectivity index (χ1) is 17.8. The number of amides is 1. The number of nitrogens with two attached hydrogens (primary N) is 2. The topological polar surface area (TPSA) is 109 Å². The fourth-order valence-corrected chi connectivity index (χ4v) is 4.70. The van der Waals surface area contributed by atoms with Crippen molar-refractivity contribution in [2.75, 3.05) is 37.8 Å². The summed E-state index contributed by atoms with van der Waals surface area (Å²) in [5.74, 6) is 0.208. The maximum Gasteiger partial charge on any atom is 0.410 e. The van der Waals surface area contributed by atoms with Crippen molar-refractivity contribution in [3.05, 3.63) is 53.1 Å². The maximum atomic E-state index is 12.4. The summed E-state index contributed by atoms with van der Waals surface area (Å²) in [4.78, 5) is 14.2. The van der Waals surface area contributed by atoms with Crippen LogP contribution in [0.1, 0.15) is 75.2 Å². The van der Waals surface area contributed by atoms with Crippen LogP contribution in [0.3, 0.4) is 0 Å². The molecule has 0 unspecified atom stereocenters. The van der Waals surface area contributed by atoms with E-state index in [0.29, 0.717) is 24.5 Å². The molecule has 4 N–H and O–H groups in total. The van der Waals surface area contributed by atoms with Gasteiger partial charge in [-0.2, -0.15) is 0 Å². The minimum absolute atomic E-state index is 0.235. The second-order valence-corrected chi connectivity index (χ2v) is 10.4. The summed E-state index contributed by atoms with van der Waals surface area (Å²) in [5, 5.41) is 0. The van der Waals surface area contributed by atoms with Crippen molar-refractivity contribution >= 4 is 17.5 Å². The van der Waals surface area contributed by atoms with Gasteiger partial charge in [0.25, 0.3) is 0 Å². The third-order valence-electron chi connectivity index (χ3n) is 6.90. The quantitative estimate of drug-likeness (QED) is 0.266. The molecule has 4 rings (SSSR count). The zero-order chi connectivity index (χ0) is 26.3. The van der Waals surface area contributed by atoms with Crippen LogP contribution < -0.4 is 16.2 Å². The zero-order valence-electron chi connectivity index (χ0n) is 22.2. The van der Waals surface area contributed by atoms with E-state index in [1.807, 2.05) is 55.1 Å². The SMILES string of the molecule is CC1(C)OCc2cc([C@@H]3CN(CCCCCCOCCCCc4ccc(N)c(N)c4)C(=O)O3)ccc2O1. The van der Waals surface area contributed by atoms with Crippen LogP contribution in [0.15, 0.2) is 36.4 Å². The molecule has 1 saturated heterocycles. The first-order valence-corrected chi connectivity index (χ1v) is 13.4. The average Bonchev–Trinajstić information content (AvgIpc) is 3.24. The number of aryl methyl sites for hydroxylation is 1. The third-order valence-corrected chi connectivity index (χ3v) is 6.90. The molecular formula is C29H41N3O5. The molecule has 0 spiro atoms. The van der Waals surface area contributed by atoms with Crippen molar-refractivity contribution < 1.29 is 23.7 Å². The van der Waals surface area contributed by atoms with Gasteiger partial charge in [0.1, 0.15) is 11.9 Å². The molecule has 0 saturated carbocycles. The van der Waals surface area contributed by atoms with Crippen LogP contribution in [0, 0.1) is 0 Å². The van der Waals surface area contributed by atoms with Crippen LogP contribution in [0.25, 0.3) is 0 Å². The number of rotatable bonds is 13. The van der Waals surface area contributed by atoms with E-state index >= 15 is 0 Å². The molecule has 1 fully saturated rings. The number of carbonyl (C=O) groups is 1. The predicted molar refractivity (Wildman–Crippen MR) is 144 cm³/mol. The first kappa shape index (κ1) is 27.1. The molecule has 2 heterocycles. The molecule has 2 aliphatic heterocycles. The molecule has 0 bridgehead atoms. The van der Waals surface area contributed by atoms with Gasteiger partial charge in [-0.3, -0.25) is 0 Å². The summed E-state index contributed by atoms with van der Waals surface area (Å²) < 4.78 is 23.0. The van der Waals surface area contributed by atoms with E-state index in [1.54, 1.807) is 0 Å². The van der Waals surface area contributed by atoms with Gasteiger partial charge in [0.2, 0.25) is 5.79 Å². The lowest BCUT2D eigenvalue weighted by molar-refractivity contribution is -0.180. The Hall–Kier alpha value is -2.97. The largest absolute Gasteiger partial charge is 0.463 e. The smallest absolute Gasteiger partial charge is 0.410 e. The molecule has 0 aliphatic carbocycles. The molecule has 8 heteroatoms. The Morgan fingerprint density at radius 3 is 2.57 bits per heavy atom. The highest BCUT2D eigenvalue weighted by Crippen LogP contribution is 2.35. The second kappa shape index (κ2) is 12.5. The summed E-state index contributed by atoms with van der Waals surface area (Å²) in [6, 6.07) is 11.8. The first-order valence-electron chi connectivity index (χ1n) is 13.4. The summed E-state index contributed by atoms with van der Waals surface area (Å²) >= 11 is 0. The minimum atomic E-state index is -0.619. The zero-order valence-corrected chi connectivity index (χ0v) is 22.2. The van der Waals surface area contributed by atoms with E-state index in [9.17, 15) is 4.79 Å². The summed E-state index contributed by atoms with van der Waals surface area (Å²) in [5.41, 5.74) is 16.1. The van der Waals surface area contributed by atoms with E-state index in [0.717, 1.165) is 81.6 Å². The van der Waals surface area contributed by atoms with Crippen LogP contribution in [0.2, 0.25) is 0 Å². The summed E-state index contributed by atoms with van der Waals surface area (Å²) in [6.45, 7) is 7.15. The van der Waals surface area contributed by atoms with Crippen molar-refractivity contribution in [3.8, 4) is 5.75 Å². The number of hydrogen-bond donors (Lipinski definition) is 2. The van der Waals surface area contributed by atoms with Gasteiger partial charge in [0, 0.05) is 39.2 Å². The minimum Gasteiger partial charge on any atom is -0.463 e. The van der Waals surface area contributed by atoms with Crippen LogP contribution in [0.5, 0.6) is 5.75 Å². The lowest BCUT2D eigenvalue weighted by Gasteiger charge is -2.32. The molecule has 2 aromatic rings. The number of hydrogen-bond acceptors (Lipinski definition) is 7. The third kappa shape index (κ3) is 7.76. The molecule has 1 amide bonds. The van der Waals surface area contributed by atoms with Gasteiger partial charge < -0.3 is 35.3 Å². The number of fused-ring (bicyclic) bond motifs is 1. The average molecular weight is 512 g/mol. The molecule has 2 aromatic carbocycles. The molecule has 37 heavy (non-hydrogen) atoms. The number of carbonyl (C=O) groups excluding carboxylic acids is 1. The van der Waals surface area contributed by atoms with E-state index < -0.39 is 5.79 Å². The van der Waals surface area contributed by atoms with Gasteiger partial charge in [0.15, 0.2) is 0 Å². The fourth-order valence-electron chi connectivity index (χ4n) is 4.70. The van der Waals surface area contributed by atoms with Gasteiger partial charge >= 0.3 is 6.09 Å². The van der Waals surface area contributed by atoms with Crippen molar-refractivity contribution in [2.24, 2.45) is 0 Å². The fraction of sp³-hybridized carbons (Fsp3) is 0.552. The Bertz CT molecular complexity index is 1060. The summed E-state index contributed by atoms with van der Waals surface area (Å²) in [6.07, 6.45) is 6.77. The normalized spacial score (nSPS) is 18.4. The lowest BCUT2D eigenvalue weighted by Crippen LogP contribution is -2.35. The molecule has 202 valence electrons. The van der Waals surface area contributed by atoms with Crippen molar-refractivity contribution in [3.63, 3.8) is 0 Å². The Morgan fingerprint density at radius 1 is 0.973 bits per heavy atom. The highest BCUT2D eigenvalue weighted by molar-refractivity contribution is 5.70. The number of anilines is 2. The summed E-state index contributed by atoms with van der Waals surface area (Å²) in [7, 11) is 0. The molecule has 8 nitrogen and oxygen atoms in total. The molecule has 1 atom stereocenters. The van der Waals surface area contributed by atoms with Crippen molar-refractivity contribution in [2.45, 2.75) is 77.3 Å². The highest BCUT2D eigenvalue weighted by atomic mass is 16.7. The number of ether oxygens (including phenoxy) is 4. The second-order valence-electron chi connectivity index (χ2n) is 10.4. The van der Waals surface area contributed by atoms with Crippen LogP contribution in [0.4, 0.5) is 16.2 Å². The standard InChI is InChI=1S/C29H41N3O5/c1-29(2)35-20-23-18-22(11-13-26(23)37-29)27-19-32(28(33)36-27)14-6-3-4-7-15-34-16-8-5-9-21-10-12-24(30)25(31)17-21/h10-13,17-18,27H,3-9,14-16,19-20,30-31H2,1-2H3/t27-/m0/s1. The van der Waals surface area contributed by atoms with Crippen LogP contribution >= 0.6 is 0 Å². The van der Waals surface area contributed by atoms with Crippen LogP contribution in [-0.2, 0) is 27.2 Å². The number of benzene rings is 2. The van der Waals surface area contributed by atoms with Crippen molar-refractivity contribution in [1.29, 1.82) is 0 Å². The Balaban J connectivity index is 1.04. The number of nitrogens with zero attached hydrogens (tertiary/aromatic N) is 1. The monoisotopic (exact) mass is 511 g/mol. The molecule has 0 radical (unpaired) electrons.